The van der Waals surface area contributed by atoms with Crippen molar-refractivity contribution in [2.75, 3.05) is 0 Å². The summed E-state index contributed by atoms with van der Waals surface area (Å²) in [7, 11) is 0. The maximum absolute atomic E-state index is 12.3. The molecular weight excluding hydrogens is 224 g/mol. The monoisotopic (exact) mass is 248 g/mol. The van der Waals surface area contributed by atoms with Crippen molar-refractivity contribution in [1.29, 1.82) is 0 Å². The van der Waals surface area contributed by atoms with Crippen LogP contribution in [0.5, 0.6) is 0 Å². The topological polar surface area (TPSA) is 37.3 Å². The van der Waals surface area contributed by atoms with E-state index in [1.54, 1.807) is 0 Å². The number of fused-ring (bicyclic) bond motifs is 3. The zero-order valence-corrected chi connectivity index (χ0v) is 11.5. The molecule has 18 heavy (non-hydrogen) atoms. The van der Waals surface area contributed by atoms with Crippen LogP contribution in [0.2, 0.25) is 0 Å². The number of Topliss-reactive ketones (excluding diaryl/α,β-unsaturated/α-hetero) is 1. The second-order valence-corrected chi connectivity index (χ2v) is 6.91. The van der Waals surface area contributed by atoms with Gasteiger partial charge in [-0.05, 0) is 68.3 Å². The first-order valence-electron chi connectivity index (χ1n) is 7.41. The molecule has 0 aromatic heterocycles. The molecule has 5 unspecified atom stereocenters. The van der Waals surface area contributed by atoms with Gasteiger partial charge in [-0.3, -0.25) is 4.79 Å². The Morgan fingerprint density at radius 1 is 1.33 bits per heavy atom. The molecule has 0 bridgehead atoms. The van der Waals surface area contributed by atoms with Crippen molar-refractivity contribution in [3.63, 3.8) is 0 Å². The van der Waals surface area contributed by atoms with Crippen LogP contribution in [0.15, 0.2) is 11.6 Å². The van der Waals surface area contributed by atoms with Crippen LogP contribution in [-0.4, -0.2) is 17.0 Å². The van der Waals surface area contributed by atoms with Crippen molar-refractivity contribution in [2.24, 2.45) is 23.2 Å². The fourth-order valence-electron chi connectivity index (χ4n) is 4.82. The van der Waals surface area contributed by atoms with E-state index in [1.165, 1.54) is 0 Å². The van der Waals surface area contributed by atoms with E-state index in [0.29, 0.717) is 17.6 Å². The normalized spacial score (nSPS) is 48.2. The Labute approximate surface area is 109 Å². The number of rotatable bonds is 0. The average Bonchev–Trinajstić information content (AvgIpc) is 2.34. The van der Waals surface area contributed by atoms with Crippen molar-refractivity contribution < 1.29 is 9.90 Å². The van der Waals surface area contributed by atoms with Crippen molar-refractivity contribution in [2.45, 2.75) is 58.5 Å². The smallest absolute Gasteiger partial charge is 0.161 e. The first-order chi connectivity index (χ1) is 8.52. The molecule has 5 atom stereocenters. The summed E-state index contributed by atoms with van der Waals surface area (Å²) in [6.07, 6.45) is 8.28. The number of hydrogen-bond acceptors (Lipinski definition) is 2. The van der Waals surface area contributed by atoms with Gasteiger partial charge in [0, 0.05) is 5.92 Å². The fourth-order valence-corrected chi connectivity index (χ4v) is 4.82. The molecule has 0 aromatic carbocycles. The van der Waals surface area contributed by atoms with Gasteiger partial charge in [0.1, 0.15) is 0 Å². The molecule has 2 saturated carbocycles. The Hall–Kier alpha value is -0.630. The summed E-state index contributed by atoms with van der Waals surface area (Å²) in [6.45, 7) is 4.35. The van der Waals surface area contributed by atoms with Gasteiger partial charge in [-0.15, -0.1) is 0 Å². The number of aliphatic hydroxyl groups excluding tert-OH is 1. The summed E-state index contributed by atoms with van der Waals surface area (Å²) < 4.78 is 0. The van der Waals surface area contributed by atoms with Crippen LogP contribution >= 0.6 is 0 Å². The quantitative estimate of drug-likeness (QED) is 0.715. The molecule has 3 rings (SSSR count). The molecule has 0 amide bonds. The molecule has 0 saturated heterocycles. The third kappa shape index (κ3) is 1.69. The number of allylic oxidation sites excluding steroid dienone is 2. The van der Waals surface area contributed by atoms with Crippen LogP contribution in [0.4, 0.5) is 0 Å². The maximum Gasteiger partial charge on any atom is 0.161 e. The summed E-state index contributed by atoms with van der Waals surface area (Å²) in [5, 5.41) is 9.87. The largest absolute Gasteiger partial charge is 0.393 e. The van der Waals surface area contributed by atoms with Crippen LogP contribution in [0.25, 0.3) is 0 Å². The van der Waals surface area contributed by atoms with Gasteiger partial charge in [-0.2, -0.15) is 0 Å². The number of ketones is 1. The molecule has 0 aromatic rings. The predicted molar refractivity (Wildman–Crippen MR) is 71.0 cm³/mol. The van der Waals surface area contributed by atoms with Crippen LogP contribution < -0.4 is 0 Å². The lowest BCUT2D eigenvalue weighted by atomic mass is 9.50. The van der Waals surface area contributed by atoms with Gasteiger partial charge in [-0.1, -0.05) is 13.0 Å². The Morgan fingerprint density at radius 2 is 2.11 bits per heavy atom. The van der Waals surface area contributed by atoms with Gasteiger partial charge in [0.05, 0.1) is 6.10 Å². The van der Waals surface area contributed by atoms with Gasteiger partial charge in [0.15, 0.2) is 5.78 Å². The SMILES string of the molecule is CC1=CCC2C(CCC3CC(O)CCC32C)C1=O. The summed E-state index contributed by atoms with van der Waals surface area (Å²) in [6, 6.07) is 0. The predicted octanol–water partition coefficient (Wildman–Crippen LogP) is 3.10. The Balaban J connectivity index is 1.91. The van der Waals surface area contributed by atoms with E-state index in [1.807, 2.05) is 6.92 Å². The molecule has 0 radical (unpaired) electrons. The summed E-state index contributed by atoms with van der Waals surface area (Å²) >= 11 is 0. The molecule has 3 aliphatic carbocycles. The molecule has 100 valence electrons. The lowest BCUT2D eigenvalue weighted by Crippen LogP contribution is -2.50. The molecule has 3 aliphatic rings. The standard InChI is InChI=1S/C16H24O2/c1-10-3-6-14-13(15(10)18)5-4-11-9-12(17)7-8-16(11,14)2/h3,11-14,17H,4-9H2,1-2H3. The van der Waals surface area contributed by atoms with Gasteiger partial charge in [0.2, 0.25) is 0 Å². The Morgan fingerprint density at radius 3 is 2.89 bits per heavy atom. The Bertz CT molecular complexity index is 398. The van der Waals surface area contributed by atoms with E-state index in [9.17, 15) is 9.90 Å². The Kier molecular flexibility index (Phi) is 2.89. The minimum Gasteiger partial charge on any atom is -0.393 e. The van der Waals surface area contributed by atoms with Crippen LogP contribution in [0, 0.1) is 23.2 Å². The molecule has 2 fully saturated rings. The van der Waals surface area contributed by atoms with E-state index in [0.717, 1.165) is 44.1 Å². The third-order valence-corrected chi connectivity index (χ3v) is 6.07. The second-order valence-electron chi connectivity index (χ2n) is 6.91. The van der Waals surface area contributed by atoms with Crippen molar-refractivity contribution in [3.05, 3.63) is 11.6 Å². The highest BCUT2D eigenvalue weighted by atomic mass is 16.3. The molecule has 0 spiro atoms. The van der Waals surface area contributed by atoms with Crippen LogP contribution in [0.3, 0.4) is 0 Å². The summed E-state index contributed by atoms with van der Waals surface area (Å²) in [4.78, 5) is 12.3. The van der Waals surface area contributed by atoms with E-state index < -0.39 is 0 Å². The van der Waals surface area contributed by atoms with E-state index >= 15 is 0 Å². The number of hydrogen-bond donors (Lipinski definition) is 1. The highest BCUT2D eigenvalue weighted by Crippen LogP contribution is 2.57. The summed E-state index contributed by atoms with van der Waals surface area (Å²) in [5.41, 5.74) is 1.27. The molecule has 1 N–H and O–H groups in total. The van der Waals surface area contributed by atoms with Gasteiger partial charge in [-0.25, -0.2) is 0 Å². The van der Waals surface area contributed by atoms with Gasteiger partial charge >= 0.3 is 0 Å². The zero-order chi connectivity index (χ0) is 12.9. The van der Waals surface area contributed by atoms with E-state index in [-0.39, 0.29) is 17.4 Å². The van der Waals surface area contributed by atoms with Crippen molar-refractivity contribution in [1.82, 2.24) is 0 Å². The number of aliphatic hydroxyl groups is 1. The second kappa shape index (κ2) is 4.19. The third-order valence-electron chi connectivity index (χ3n) is 6.07. The first kappa shape index (κ1) is 12.4. The molecule has 0 aliphatic heterocycles. The van der Waals surface area contributed by atoms with E-state index in [2.05, 4.69) is 13.0 Å². The van der Waals surface area contributed by atoms with Gasteiger partial charge in [0.25, 0.3) is 0 Å². The number of carbonyl (C=O) groups excluding carboxylic acids is 1. The molecule has 2 nitrogen and oxygen atoms in total. The summed E-state index contributed by atoms with van der Waals surface area (Å²) in [5.74, 6) is 1.82. The molecule has 0 heterocycles. The van der Waals surface area contributed by atoms with E-state index in [4.69, 9.17) is 0 Å². The van der Waals surface area contributed by atoms with Crippen LogP contribution in [-0.2, 0) is 4.79 Å². The average molecular weight is 248 g/mol. The maximum atomic E-state index is 12.3. The van der Waals surface area contributed by atoms with Crippen LogP contribution in [0.1, 0.15) is 52.4 Å². The fraction of sp³-hybridized carbons (Fsp3) is 0.812. The number of carbonyl (C=O) groups is 1. The lowest BCUT2D eigenvalue weighted by Gasteiger charge is -2.55. The molecule has 2 heteroatoms. The highest BCUT2D eigenvalue weighted by molar-refractivity contribution is 5.97. The minimum absolute atomic E-state index is 0.101. The highest BCUT2D eigenvalue weighted by Gasteiger charge is 2.52. The van der Waals surface area contributed by atoms with Crippen molar-refractivity contribution in [3.8, 4) is 0 Å². The van der Waals surface area contributed by atoms with Crippen molar-refractivity contribution >= 4 is 5.78 Å². The minimum atomic E-state index is -0.101. The lowest BCUT2D eigenvalue weighted by molar-refractivity contribution is -0.132. The zero-order valence-electron chi connectivity index (χ0n) is 11.5. The molecular formula is C16H24O2. The first-order valence-corrected chi connectivity index (χ1v) is 7.41. The van der Waals surface area contributed by atoms with Gasteiger partial charge < -0.3 is 5.11 Å².